The van der Waals surface area contributed by atoms with Gasteiger partial charge >= 0.3 is 0 Å². The lowest BCUT2D eigenvalue weighted by molar-refractivity contribution is -0.126. The summed E-state index contributed by atoms with van der Waals surface area (Å²) in [6, 6.07) is -0.447. The third-order valence-electron chi connectivity index (χ3n) is 2.50. The van der Waals surface area contributed by atoms with Crippen molar-refractivity contribution < 1.29 is 13.2 Å². The molecule has 1 heterocycles. The largest absolute Gasteiger partial charge is 0.347 e. The zero-order valence-corrected chi connectivity index (χ0v) is 9.67. The van der Waals surface area contributed by atoms with Crippen LogP contribution in [-0.4, -0.2) is 31.7 Å². The topological polar surface area (TPSA) is 89.3 Å². The molecule has 1 aliphatic rings. The summed E-state index contributed by atoms with van der Waals surface area (Å²) in [6.07, 6.45) is 1.97. The van der Waals surface area contributed by atoms with E-state index in [-0.39, 0.29) is 11.7 Å². The number of carbonyl (C=O) groups is 1. The van der Waals surface area contributed by atoms with E-state index in [0.29, 0.717) is 6.42 Å². The van der Waals surface area contributed by atoms with E-state index < -0.39 is 21.4 Å². The Morgan fingerprint density at radius 2 is 2.27 bits per heavy atom. The van der Waals surface area contributed by atoms with Gasteiger partial charge in [-0.15, -0.1) is 0 Å². The highest BCUT2D eigenvalue weighted by Gasteiger charge is 2.30. The summed E-state index contributed by atoms with van der Waals surface area (Å²) in [7, 11) is -3.13. The highest BCUT2D eigenvalue weighted by atomic mass is 32.2. The van der Waals surface area contributed by atoms with Gasteiger partial charge in [0.1, 0.15) is 0 Å². The summed E-state index contributed by atoms with van der Waals surface area (Å²) in [4.78, 5) is 11.6. The molecule has 1 amide bonds. The molecule has 5 nitrogen and oxygen atoms in total. The molecule has 2 unspecified atom stereocenters. The van der Waals surface area contributed by atoms with Gasteiger partial charge in [0.2, 0.25) is 5.91 Å². The lowest BCUT2D eigenvalue weighted by Crippen LogP contribution is -2.53. The molecule has 0 fully saturated rings. The van der Waals surface area contributed by atoms with E-state index in [4.69, 9.17) is 5.73 Å². The smallest absolute Gasteiger partial charge is 0.240 e. The Morgan fingerprint density at radius 3 is 2.67 bits per heavy atom. The SMILES string of the molecule is CCC(C)(N)C(=O)NC1C=CS(=O)(=O)C1. The molecule has 0 radical (unpaired) electrons. The molecule has 0 aromatic heterocycles. The zero-order valence-electron chi connectivity index (χ0n) is 8.86. The predicted octanol–water partition coefficient (Wildman–Crippen LogP) is -0.459. The van der Waals surface area contributed by atoms with E-state index in [1.807, 2.05) is 0 Å². The molecule has 15 heavy (non-hydrogen) atoms. The summed E-state index contributed by atoms with van der Waals surface area (Å²) in [6.45, 7) is 3.43. The average Bonchev–Trinajstić information content (AvgIpc) is 2.45. The summed E-state index contributed by atoms with van der Waals surface area (Å²) in [5.41, 5.74) is 4.78. The highest BCUT2D eigenvalue weighted by Crippen LogP contribution is 2.10. The van der Waals surface area contributed by atoms with Crippen LogP contribution in [0.4, 0.5) is 0 Å². The van der Waals surface area contributed by atoms with Gasteiger partial charge < -0.3 is 11.1 Å². The van der Waals surface area contributed by atoms with Gasteiger partial charge in [-0.05, 0) is 19.4 Å². The average molecular weight is 232 g/mol. The molecule has 0 bridgehead atoms. The van der Waals surface area contributed by atoms with Crippen LogP contribution in [0.3, 0.4) is 0 Å². The lowest BCUT2D eigenvalue weighted by Gasteiger charge is -2.23. The van der Waals surface area contributed by atoms with Crippen molar-refractivity contribution in [2.75, 3.05) is 5.75 Å². The Bertz CT molecular complexity index is 384. The van der Waals surface area contributed by atoms with E-state index in [2.05, 4.69) is 5.32 Å². The van der Waals surface area contributed by atoms with Crippen molar-refractivity contribution in [2.45, 2.75) is 31.8 Å². The van der Waals surface area contributed by atoms with Gasteiger partial charge in [-0.1, -0.05) is 6.92 Å². The molecule has 0 aliphatic carbocycles. The van der Waals surface area contributed by atoms with E-state index >= 15 is 0 Å². The van der Waals surface area contributed by atoms with Crippen molar-refractivity contribution >= 4 is 15.7 Å². The van der Waals surface area contributed by atoms with E-state index in [0.717, 1.165) is 5.41 Å². The Kier molecular flexibility index (Phi) is 3.20. The zero-order chi connectivity index (χ0) is 11.7. The van der Waals surface area contributed by atoms with E-state index in [1.54, 1.807) is 13.8 Å². The molecule has 1 aliphatic heterocycles. The number of hydrogen-bond acceptors (Lipinski definition) is 4. The molecule has 0 saturated heterocycles. The predicted molar refractivity (Wildman–Crippen MR) is 57.7 cm³/mol. The van der Waals surface area contributed by atoms with E-state index in [1.165, 1.54) is 6.08 Å². The quantitative estimate of drug-likeness (QED) is 0.689. The van der Waals surface area contributed by atoms with Crippen LogP contribution >= 0.6 is 0 Å². The lowest BCUT2D eigenvalue weighted by atomic mass is 9.99. The second-order valence-electron chi connectivity index (χ2n) is 4.01. The molecule has 0 saturated carbocycles. The van der Waals surface area contributed by atoms with Crippen LogP contribution < -0.4 is 11.1 Å². The van der Waals surface area contributed by atoms with Crippen molar-refractivity contribution in [3.05, 3.63) is 11.5 Å². The van der Waals surface area contributed by atoms with Gasteiger partial charge in [0.05, 0.1) is 17.3 Å². The number of nitrogens with two attached hydrogens (primary N) is 1. The molecular formula is C9H16N2O3S. The van der Waals surface area contributed by atoms with Crippen LogP contribution in [0.1, 0.15) is 20.3 Å². The molecule has 86 valence electrons. The first-order valence-corrected chi connectivity index (χ1v) is 6.49. The minimum absolute atomic E-state index is 0.0709. The number of nitrogens with one attached hydrogen (secondary N) is 1. The fraction of sp³-hybridized carbons (Fsp3) is 0.667. The summed E-state index contributed by atoms with van der Waals surface area (Å²) < 4.78 is 22.1. The van der Waals surface area contributed by atoms with Crippen molar-refractivity contribution in [1.29, 1.82) is 0 Å². The van der Waals surface area contributed by atoms with Gasteiger partial charge in [0, 0.05) is 5.41 Å². The second kappa shape index (κ2) is 3.94. The molecular weight excluding hydrogens is 216 g/mol. The normalized spacial score (nSPS) is 27.3. The van der Waals surface area contributed by atoms with Crippen molar-refractivity contribution in [1.82, 2.24) is 5.32 Å². The maximum atomic E-state index is 11.6. The minimum atomic E-state index is -3.13. The molecule has 2 atom stereocenters. The van der Waals surface area contributed by atoms with Crippen molar-refractivity contribution in [3.63, 3.8) is 0 Å². The van der Waals surface area contributed by atoms with Crippen LogP contribution in [-0.2, 0) is 14.6 Å². The van der Waals surface area contributed by atoms with Crippen LogP contribution in [0.25, 0.3) is 0 Å². The Labute approximate surface area is 89.6 Å². The third-order valence-corrected chi connectivity index (χ3v) is 3.90. The maximum absolute atomic E-state index is 11.6. The van der Waals surface area contributed by atoms with Gasteiger partial charge in [-0.2, -0.15) is 0 Å². The Hall–Kier alpha value is -0.880. The van der Waals surface area contributed by atoms with Crippen molar-refractivity contribution in [2.24, 2.45) is 5.73 Å². The minimum Gasteiger partial charge on any atom is -0.347 e. The molecule has 3 N–H and O–H groups in total. The maximum Gasteiger partial charge on any atom is 0.240 e. The van der Waals surface area contributed by atoms with Gasteiger partial charge in [0.15, 0.2) is 9.84 Å². The molecule has 0 aromatic carbocycles. The standard InChI is InChI=1S/C9H16N2O3S/c1-3-9(2,10)8(12)11-7-4-5-15(13,14)6-7/h4-5,7H,3,6,10H2,1-2H3,(H,11,12). The van der Waals surface area contributed by atoms with Gasteiger partial charge in [-0.3, -0.25) is 4.79 Å². The molecule has 0 spiro atoms. The van der Waals surface area contributed by atoms with E-state index in [9.17, 15) is 13.2 Å². The van der Waals surface area contributed by atoms with Crippen LogP contribution in [0.5, 0.6) is 0 Å². The third kappa shape index (κ3) is 3.04. The highest BCUT2D eigenvalue weighted by molar-refractivity contribution is 7.94. The van der Waals surface area contributed by atoms with Gasteiger partial charge in [-0.25, -0.2) is 8.42 Å². The monoisotopic (exact) mass is 232 g/mol. The summed E-state index contributed by atoms with van der Waals surface area (Å²) >= 11 is 0. The van der Waals surface area contributed by atoms with Gasteiger partial charge in [0.25, 0.3) is 0 Å². The first-order chi connectivity index (χ1) is 6.77. The summed E-state index contributed by atoms with van der Waals surface area (Å²) in [5.74, 6) is -0.393. The second-order valence-corrected chi connectivity index (χ2v) is 5.94. The first kappa shape index (κ1) is 12.2. The molecule has 6 heteroatoms. The number of amides is 1. The van der Waals surface area contributed by atoms with Crippen molar-refractivity contribution in [3.8, 4) is 0 Å². The Morgan fingerprint density at radius 1 is 1.67 bits per heavy atom. The fourth-order valence-electron chi connectivity index (χ4n) is 1.16. The first-order valence-electron chi connectivity index (χ1n) is 4.77. The van der Waals surface area contributed by atoms with Crippen LogP contribution in [0.15, 0.2) is 11.5 Å². The molecule has 0 aromatic rings. The number of rotatable bonds is 3. The Balaban J connectivity index is 2.59. The van der Waals surface area contributed by atoms with Crippen LogP contribution in [0.2, 0.25) is 0 Å². The van der Waals surface area contributed by atoms with Crippen LogP contribution in [0, 0.1) is 0 Å². The number of sulfone groups is 1. The molecule has 1 rings (SSSR count). The number of carbonyl (C=O) groups excluding carboxylic acids is 1. The number of hydrogen-bond donors (Lipinski definition) is 2. The summed E-state index contributed by atoms with van der Waals surface area (Å²) in [5, 5.41) is 3.72. The fourth-order valence-corrected chi connectivity index (χ4v) is 2.39.